The van der Waals surface area contributed by atoms with Crippen LogP contribution >= 0.6 is 22.6 Å². The van der Waals surface area contributed by atoms with Gasteiger partial charge in [-0.05, 0) is 42.5 Å². The van der Waals surface area contributed by atoms with Crippen LogP contribution in [0.2, 0.25) is 0 Å². The third-order valence-electron chi connectivity index (χ3n) is 2.48. The lowest BCUT2D eigenvalue weighted by Gasteiger charge is -2.22. The number of nitrogens with two attached hydrogens (primary N) is 2. The quantitative estimate of drug-likeness (QED) is 0.573. The van der Waals surface area contributed by atoms with Gasteiger partial charge in [0.2, 0.25) is 5.91 Å². The van der Waals surface area contributed by atoms with Crippen LogP contribution < -0.4 is 16.8 Å². The SMILES string of the molecule is CC(C)(CNc1cc(F)c(I)cc1N)C(N)=O. The molecule has 6 heteroatoms. The van der Waals surface area contributed by atoms with Crippen LogP contribution in [0.4, 0.5) is 15.8 Å². The largest absolute Gasteiger partial charge is 0.397 e. The molecular formula is C11H15FIN3O. The van der Waals surface area contributed by atoms with Crippen LogP contribution in [0, 0.1) is 14.8 Å². The maximum Gasteiger partial charge on any atom is 0.224 e. The Morgan fingerprint density at radius 3 is 2.65 bits per heavy atom. The Morgan fingerprint density at radius 1 is 1.53 bits per heavy atom. The predicted molar refractivity (Wildman–Crippen MR) is 75.0 cm³/mol. The molecule has 4 nitrogen and oxygen atoms in total. The number of amides is 1. The van der Waals surface area contributed by atoms with Crippen LogP contribution in [-0.2, 0) is 4.79 Å². The molecule has 0 fully saturated rings. The average molecular weight is 351 g/mol. The zero-order chi connectivity index (χ0) is 13.2. The van der Waals surface area contributed by atoms with Gasteiger partial charge in [-0.1, -0.05) is 0 Å². The molecule has 0 atom stereocenters. The van der Waals surface area contributed by atoms with E-state index in [1.807, 2.05) is 22.6 Å². The van der Waals surface area contributed by atoms with Gasteiger partial charge < -0.3 is 16.8 Å². The van der Waals surface area contributed by atoms with Gasteiger partial charge in [-0.15, -0.1) is 0 Å². The summed E-state index contributed by atoms with van der Waals surface area (Å²) in [5, 5.41) is 2.93. The van der Waals surface area contributed by atoms with Crippen LogP contribution in [0.15, 0.2) is 12.1 Å². The molecule has 0 aromatic heterocycles. The molecule has 0 aliphatic rings. The van der Waals surface area contributed by atoms with Gasteiger partial charge in [-0.3, -0.25) is 4.79 Å². The second-order valence-electron chi connectivity index (χ2n) is 4.46. The monoisotopic (exact) mass is 351 g/mol. The number of carbonyl (C=O) groups excluding carboxylic acids is 1. The van der Waals surface area contributed by atoms with Crippen LogP contribution in [0.25, 0.3) is 0 Å². The summed E-state index contributed by atoms with van der Waals surface area (Å²) < 4.78 is 13.8. The normalized spacial score (nSPS) is 11.3. The molecule has 1 aromatic carbocycles. The van der Waals surface area contributed by atoms with Gasteiger partial charge in [0.15, 0.2) is 0 Å². The van der Waals surface area contributed by atoms with Crippen molar-refractivity contribution in [1.82, 2.24) is 0 Å². The van der Waals surface area contributed by atoms with Gasteiger partial charge in [0.1, 0.15) is 5.82 Å². The first kappa shape index (κ1) is 14.0. The summed E-state index contributed by atoms with van der Waals surface area (Å²) >= 11 is 1.86. The average Bonchev–Trinajstić information content (AvgIpc) is 2.21. The standard InChI is InChI=1S/C11H15FIN3O/c1-11(2,10(15)17)5-16-9-3-6(12)7(13)4-8(9)14/h3-4,16H,5,14H2,1-2H3,(H2,15,17). The minimum absolute atomic E-state index is 0.298. The van der Waals surface area contributed by atoms with Crippen molar-refractivity contribution in [2.24, 2.45) is 11.1 Å². The van der Waals surface area contributed by atoms with Crippen LogP contribution in [-0.4, -0.2) is 12.5 Å². The Kier molecular flexibility index (Phi) is 4.18. The van der Waals surface area contributed by atoms with E-state index >= 15 is 0 Å². The molecule has 17 heavy (non-hydrogen) atoms. The first-order chi connectivity index (χ1) is 7.74. The molecule has 0 aliphatic carbocycles. The number of anilines is 2. The second kappa shape index (κ2) is 5.07. The highest BCUT2D eigenvalue weighted by Gasteiger charge is 2.24. The maximum absolute atomic E-state index is 13.3. The molecule has 0 heterocycles. The number of nitrogen functional groups attached to an aromatic ring is 1. The molecule has 0 unspecified atom stereocenters. The molecule has 1 amide bonds. The fourth-order valence-electron chi connectivity index (χ4n) is 1.12. The summed E-state index contributed by atoms with van der Waals surface area (Å²) in [6.07, 6.45) is 0. The maximum atomic E-state index is 13.3. The molecule has 0 spiro atoms. The molecule has 0 bridgehead atoms. The Balaban J connectivity index is 2.83. The summed E-state index contributed by atoms with van der Waals surface area (Å²) in [5.41, 5.74) is 11.2. The van der Waals surface area contributed by atoms with Gasteiger partial charge in [0, 0.05) is 12.6 Å². The third-order valence-corrected chi connectivity index (χ3v) is 3.31. The van der Waals surface area contributed by atoms with Gasteiger partial charge in [-0.25, -0.2) is 4.39 Å². The number of rotatable bonds is 4. The van der Waals surface area contributed by atoms with Crippen molar-refractivity contribution >= 4 is 39.9 Å². The number of hydrogen-bond donors (Lipinski definition) is 3. The highest BCUT2D eigenvalue weighted by Crippen LogP contribution is 2.25. The fourth-order valence-corrected chi connectivity index (χ4v) is 1.61. The fraction of sp³-hybridized carbons (Fsp3) is 0.364. The van der Waals surface area contributed by atoms with E-state index in [0.29, 0.717) is 21.5 Å². The topological polar surface area (TPSA) is 81.1 Å². The first-order valence-corrected chi connectivity index (χ1v) is 6.10. The number of hydrogen-bond acceptors (Lipinski definition) is 3. The molecule has 0 saturated carbocycles. The van der Waals surface area contributed by atoms with Crippen LogP contribution in [0.1, 0.15) is 13.8 Å². The van der Waals surface area contributed by atoms with Crippen molar-refractivity contribution < 1.29 is 9.18 Å². The number of halogens is 2. The summed E-state index contributed by atoms with van der Waals surface area (Å²) in [6.45, 7) is 3.72. The van der Waals surface area contributed by atoms with E-state index in [9.17, 15) is 9.18 Å². The lowest BCUT2D eigenvalue weighted by Crippen LogP contribution is -2.37. The van der Waals surface area contributed by atoms with E-state index in [1.165, 1.54) is 12.1 Å². The minimum Gasteiger partial charge on any atom is -0.397 e. The van der Waals surface area contributed by atoms with E-state index in [-0.39, 0.29) is 5.82 Å². The second-order valence-corrected chi connectivity index (χ2v) is 5.62. The summed E-state index contributed by atoms with van der Waals surface area (Å²) in [6, 6.07) is 2.85. The molecule has 0 radical (unpaired) electrons. The zero-order valence-electron chi connectivity index (χ0n) is 9.68. The molecule has 1 aromatic rings. The Hall–Kier alpha value is -1.05. The van der Waals surface area contributed by atoms with E-state index < -0.39 is 11.3 Å². The third kappa shape index (κ3) is 3.45. The highest BCUT2D eigenvalue weighted by molar-refractivity contribution is 14.1. The van der Waals surface area contributed by atoms with Crippen molar-refractivity contribution in [3.63, 3.8) is 0 Å². The van der Waals surface area contributed by atoms with E-state index in [1.54, 1.807) is 13.8 Å². The van der Waals surface area contributed by atoms with Crippen molar-refractivity contribution in [2.45, 2.75) is 13.8 Å². The lowest BCUT2D eigenvalue weighted by atomic mass is 9.92. The minimum atomic E-state index is -0.716. The summed E-state index contributed by atoms with van der Waals surface area (Å²) in [4.78, 5) is 11.1. The van der Waals surface area contributed by atoms with E-state index in [2.05, 4.69) is 5.32 Å². The van der Waals surface area contributed by atoms with Crippen LogP contribution in [0.3, 0.4) is 0 Å². The predicted octanol–water partition coefficient (Wildman–Crippen LogP) is 1.94. The van der Waals surface area contributed by atoms with Crippen molar-refractivity contribution in [1.29, 1.82) is 0 Å². The van der Waals surface area contributed by atoms with Gasteiger partial charge in [-0.2, -0.15) is 0 Å². The summed E-state index contributed by atoms with van der Waals surface area (Å²) in [5.74, 6) is -0.770. The zero-order valence-corrected chi connectivity index (χ0v) is 11.8. The van der Waals surface area contributed by atoms with E-state index in [0.717, 1.165) is 0 Å². The molecule has 1 rings (SSSR count). The van der Waals surface area contributed by atoms with Crippen molar-refractivity contribution in [2.75, 3.05) is 17.6 Å². The smallest absolute Gasteiger partial charge is 0.224 e. The van der Waals surface area contributed by atoms with Gasteiger partial charge in [0.25, 0.3) is 0 Å². The number of nitrogens with one attached hydrogen (secondary N) is 1. The van der Waals surface area contributed by atoms with Crippen molar-refractivity contribution in [3.05, 3.63) is 21.5 Å². The van der Waals surface area contributed by atoms with Gasteiger partial charge >= 0.3 is 0 Å². The Labute approximate surface area is 113 Å². The van der Waals surface area contributed by atoms with Gasteiger partial charge in [0.05, 0.1) is 20.4 Å². The summed E-state index contributed by atoms with van der Waals surface area (Å²) in [7, 11) is 0. The number of carbonyl (C=O) groups is 1. The Bertz CT molecular complexity index is 449. The molecule has 5 N–H and O–H groups in total. The van der Waals surface area contributed by atoms with Crippen molar-refractivity contribution in [3.8, 4) is 0 Å². The number of primary amides is 1. The molecular weight excluding hydrogens is 336 g/mol. The molecule has 0 saturated heterocycles. The highest BCUT2D eigenvalue weighted by atomic mass is 127. The Morgan fingerprint density at radius 2 is 2.12 bits per heavy atom. The number of benzene rings is 1. The first-order valence-electron chi connectivity index (χ1n) is 5.02. The lowest BCUT2D eigenvalue weighted by molar-refractivity contribution is -0.125. The molecule has 94 valence electrons. The van der Waals surface area contributed by atoms with E-state index in [4.69, 9.17) is 11.5 Å². The molecule has 0 aliphatic heterocycles. The van der Waals surface area contributed by atoms with Crippen LogP contribution in [0.5, 0.6) is 0 Å².